The summed E-state index contributed by atoms with van der Waals surface area (Å²) in [5.41, 5.74) is 4.27. The van der Waals surface area contributed by atoms with Crippen molar-refractivity contribution in [3.8, 4) is 0 Å². The molecule has 80 valence electrons. The predicted molar refractivity (Wildman–Crippen MR) is 66.4 cm³/mol. The molecule has 0 spiro atoms. The number of fused-ring (bicyclic) bond motifs is 1. The number of rotatable bonds is 2. The molecule has 2 aromatic rings. The summed E-state index contributed by atoms with van der Waals surface area (Å²) in [6.45, 7) is 9.00. The molecule has 1 aromatic heterocycles. The SMILES string of the molecule is CCC(C)(C)c1c[nH]c2ccc(C)cc12. The number of hydrogen-bond donors (Lipinski definition) is 1. The van der Waals surface area contributed by atoms with Crippen LogP contribution in [0.1, 0.15) is 38.3 Å². The fourth-order valence-electron chi connectivity index (χ4n) is 1.98. The van der Waals surface area contributed by atoms with Gasteiger partial charge in [0.1, 0.15) is 0 Å². The Morgan fingerprint density at radius 1 is 1.27 bits per heavy atom. The van der Waals surface area contributed by atoms with Gasteiger partial charge in [0.25, 0.3) is 0 Å². The van der Waals surface area contributed by atoms with Crippen LogP contribution in [0.5, 0.6) is 0 Å². The number of aromatic nitrogens is 1. The molecule has 0 amide bonds. The van der Waals surface area contributed by atoms with E-state index >= 15 is 0 Å². The highest BCUT2D eigenvalue weighted by molar-refractivity contribution is 5.84. The molecule has 0 bridgehead atoms. The van der Waals surface area contributed by atoms with E-state index < -0.39 is 0 Å². The van der Waals surface area contributed by atoms with Crippen LogP contribution in [0.25, 0.3) is 10.9 Å². The Morgan fingerprint density at radius 2 is 2.00 bits per heavy atom. The van der Waals surface area contributed by atoms with E-state index in [9.17, 15) is 0 Å². The van der Waals surface area contributed by atoms with Crippen molar-refractivity contribution in [2.24, 2.45) is 0 Å². The first-order valence-electron chi connectivity index (χ1n) is 5.63. The van der Waals surface area contributed by atoms with Gasteiger partial charge in [0.05, 0.1) is 0 Å². The second-order valence-corrected chi connectivity index (χ2v) is 4.99. The second-order valence-electron chi connectivity index (χ2n) is 4.99. The molecule has 0 atom stereocenters. The molecule has 1 N–H and O–H groups in total. The topological polar surface area (TPSA) is 15.8 Å². The van der Waals surface area contributed by atoms with Crippen molar-refractivity contribution in [3.05, 3.63) is 35.5 Å². The number of hydrogen-bond acceptors (Lipinski definition) is 0. The van der Waals surface area contributed by atoms with Crippen LogP contribution < -0.4 is 0 Å². The highest BCUT2D eigenvalue weighted by Gasteiger charge is 2.21. The summed E-state index contributed by atoms with van der Waals surface area (Å²) in [6.07, 6.45) is 3.32. The van der Waals surface area contributed by atoms with Gasteiger partial charge >= 0.3 is 0 Å². The van der Waals surface area contributed by atoms with Crippen molar-refractivity contribution in [2.75, 3.05) is 0 Å². The van der Waals surface area contributed by atoms with Gasteiger partial charge in [-0.3, -0.25) is 0 Å². The van der Waals surface area contributed by atoms with Gasteiger partial charge in [-0.15, -0.1) is 0 Å². The normalized spacial score (nSPS) is 12.3. The second kappa shape index (κ2) is 3.41. The van der Waals surface area contributed by atoms with E-state index in [-0.39, 0.29) is 5.41 Å². The summed E-state index contributed by atoms with van der Waals surface area (Å²) in [5, 5.41) is 1.38. The predicted octanol–water partition coefficient (Wildman–Crippen LogP) is 4.16. The number of nitrogens with one attached hydrogen (secondary N) is 1. The molecule has 0 radical (unpaired) electrons. The summed E-state index contributed by atoms with van der Waals surface area (Å²) in [6, 6.07) is 6.60. The van der Waals surface area contributed by atoms with E-state index in [0.29, 0.717) is 0 Å². The van der Waals surface area contributed by atoms with E-state index in [4.69, 9.17) is 0 Å². The van der Waals surface area contributed by atoms with Crippen molar-refractivity contribution in [1.82, 2.24) is 4.98 Å². The number of benzene rings is 1. The van der Waals surface area contributed by atoms with Crippen molar-refractivity contribution in [3.63, 3.8) is 0 Å². The maximum atomic E-state index is 3.36. The molecule has 2 rings (SSSR count). The molecule has 0 aliphatic carbocycles. The molecule has 1 heterocycles. The minimum Gasteiger partial charge on any atom is -0.361 e. The molecule has 1 nitrogen and oxygen atoms in total. The lowest BCUT2D eigenvalue weighted by atomic mass is 9.82. The van der Waals surface area contributed by atoms with E-state index in [1.54, 1.807) is 0 Å². The van der Waals surface area contributed by atoms with Crippen LogP contribution in [0, 0.1) is 6.92 Å². The van der Waals surface area contributed by atoms with E-state index in [2.05, 4.69) is 57.1 Å². The first kappa shape index (κ1) is 10.3. The Morgan fingerprint density at radius 3 is 2.67 bits per heavy atom. The first-order valence-corrected chi connectivity index (χ1v) is 5.63. The van der Waals surface area contributed by atoms with Crippen LogP contribution in [0.3, 0.4) is 0 Å². The average Bonchev–Trinajstić information content (AvgIpc) is 2.61. The first-order chi connectivity index (χ1) is 7.04. The summed E-state index contributed by atoms with van der Waals surface area (Å²) in [4.78, 5) is 3.36. The van der Waals surface area contributed by atoms with E-state index in [1.807, 2.05) is 0 Å². The molecule has 0 aliphatic rings. The summed E-state index contributed by atoms with van der Waals surface area (Å²) in [5.74, 6) is 0. The lowest BCUT2D eigenvalue weighted by molar-refractivity contribution is 0.510. The molecular weight excluding hydrogens is 182 g/mol. The van der Waals surface area contributed by atoms with Gasteiger partial charge in [-0.1, -0.05) is 32.4 Å². The van der Waals surface area contributed by atoms with Crippen molar-refractivity contribution < 1.29 is 0 Å². The van der Waals surface area contributed by atoms with E-state index in [1.165, 1.54) is 22.0 Å². The smallest absolute Gasteiger partial charge is 0.0457 e. The molecule has 15 heavy (non-hydrogen) atoms. The standard InChI is InChI=1S/C14H19N/c1-5-14(3,4)12-9-15-13-7-6-10(2)8-11(12)13/h6-9,15H,5H2,1-4H3. The zero-order valence-electron chi connectivity index (χ0n) is 10.0. The third kappa shape index (κ3) is 1.67. The highest BCUT2D eigenvalue weighted by Crippen LogP contribution is 2.33. The molecule has 0 fully saturated rings. The van der Waals surface area contributed by atoms with Gasteiger partial charge in [0.2, 0.25) is 0 Å². The monoisotopic (exact) mass is 201 g/mol. The molecule has 1 heteroatoms. The fraction of sp³-hybridized carbons (Fsp3) is 0.429. The third-order valence-corrected chi connectivity index (χ3v) is 3.45. The Hall–Kier alpha value is -1.24. The molecule has 1 aromatic carbocycles. The van der Waals surface area contributed by atoms with Crippen LogP contribution in [0.4, 0.5) is 0 Å². The Kier molecular flexibility index (Phi) is 2.34. The van der Waals surface area contributed by atoms with Crippen molar-refractivity contribution in [2.45, 2.75) is 39.5 Å². The summed E-state index contributed by atoms with van der Waals surface area (Å²) >= 11 is 0. The number of aromatic amines is 1. The van der Waals surface area contributed by atoms with Gasteiger partial charge in [-0.2, -0.15) is 0 Å². The fourth-order valence-corrected chi connectivity index (χ4v) is 1.98. The van der Waals surface area contributed by atoms with Crippen LogP contribution in [-0.2, 0) is 5.41 Å². The average molecular weight is 201 g/mol. The lowest BCUT2D eigenvalue weighted by Crippen LogP contribution is -2.14. The quantitative estimate of drug-likeness (QED) is 0.750. The van der Waals surface area contributed by atoms with Crippen molar-refractivity contribution in [1.29, 1.82) is 0 Å². The molecular formula is C14H19N. The van der Waals surface area contributed by atoms with Gasteiger partial charge in [0, 0.05) is 17.1 Å². The summed E-state index contributed by atoms with van der Waals surface area (Å²) < 4.78 is 0. The van der Waals surface area contributed by atoms with Gasteiger partial charge in [0.15, 0.2) is 0 Å². The van der Waals surface area contributed by atoms with Gasteiger partial charge < -0.3 is 4.98 Å². The number of H-pyrrole nitrogens is 1. The van der Waals surface area contributed by atoms with Crippen LogP contribution in [-0.4, -0.2) is 4.98 Å². The van der Waals surface area contributed by atoms with E-state index in [0.717, 1.165) is 6.42 Å². The lowest BCUT2D eigenvalue weighted by Gasteiger charge is -2.22. The Balaban J connectivity index is 2.67. The Bertz CT molecular complexity index is 477. The third-order valence-electron chi connectivity index (χ3n) is 3.45. The van der Waals surface area contributed by atoms with Crippen LogP contribution >= 0.6 is 0 Å². The largest absolute Gasteiger partial charge is 0.361 e. The van der Waals surface area contributed by atoms with Gasteiger partial charge in [-0.05, 0) is 36.5 Å². The molecule has 0 aliphatic heterocycles. The number of aryl methyl sites for hydroxylation is 1. The van der Waals surface area contributed by atoms with Crippen LogP contribution in [0.2, 0.25) is 0 Å². The van der Waals surface area contributed by atoms with Gasteiger partial charge in [-0.25, -0.2) is 0 Å². The molecule has 0 saturated heterocycles. The Labute approximate surface area is 91.5 Å². The minimum atomic E-state index is 0.256. The maximum absolute atomic E-state index is 3.36. The minimum absolute atomic E-state index is 0.256. The molecule has 0 saturated carbocycles. The van der Waals surface area contributed by atoms with Crippen LogP contribution in [0.15, 0.2) is 24.4 Å². The zero-order chi connectivity index (χ0) is 11.1. The highest BCUT2D eigenvalue weighted by atomic mass is 14.7. The van der Waals surface area contributed by atoms with Crippen molar-refractivity contribution >= 4 is 10.9 Å². The maximum Gasteiger partial charge on any atom is 0.0457 e. The zero-order valence-corrected chi connectivity index (χ0v) is 10.0. The summed E-state index contributed by atoms with van der Waals surface area (Å²) in [7, 11) is 0. The molecule has 0 unspecified atom stereocenters.